The zero-order chi connectivity index (χ0) is 14.2. The van der Waals surface area contributed by atoms with Crippen LogP contribution in [0.1, 0.15) is 0 Å². The van der Waals surface area contributed by atoms with Gasteiger partial charge in [-0.3, -0.25) is 0 Å². The second-order valence-corrected chi connectivity index (χ2v) is 4.81. The summed E-state index contributed by atoms with van der Waals surface area (Å²) in [6.45, 7) is 0. The number of rotatable bonds is 2. The molecule has 0 saturated heterocycles. The number of benzene rings is 2. The number of aromatic amines is 1. The van der Waals surface area contributed by atoms with Gasteiger partial charge in [0.25, 0.3) is 0 Å². The largest absolute Gasteiger partial charge is 0.345 e. The molecule has 0 saturated carbocycles. The minimum atomic E-state index is 0.632. The highest BCUT2D eigenvalue weighted by molar-refractivity contribution is 5.81. The number of H-pyrrole nitrogens is 1. The molecule has 0 radical (unpaired) electrons. The third kappa shape index (κ3) is 2.06. The first-order valence-electron chi connectivity index (χ1n) is 6.57. The Labute approximate surface area is 120 Å². The van der Waals surface area contributed by atoms with Crippen LogP contribution in [0.15, 0.2) is 48.8 Å². The fourth-order valence-corrected chi connectivity index (χ4v) is 2.33. The molecule has 102 valence electrons. The molecule has 1 N–H and O–H groups in total. The summed E-state index contributed by atoms with van der Waals surface area (Å²) in [5.41, 5.74) is 5.24. The van der Waals surface area contributed by atoms with E-state index in [1.165, 1.54) is 4.80 Å². The van der Waals surface area contributed by atoms with Crippen LogP contribution >= 0.6 is 0 Å². The Morgan fingerprint density at radius 1 is 0.952 bits per heavy atom. The molecule has 6 nitrogen and oxygen atoms in total. The number of hydrogen-bond acceptors (Lipinski definition) is 4. The lowest BCUT2D eigenvalue weighted by Gasteiger charge is -2.02. The Bertz CT molecular complexity index is 903. The van der Waals surface area contributed by atoms with E-state index < -0.39 is 0 Å². The molecule has 0 aliphatic rings. The Morgan fingerprint density at radius 2 is 1.71 bits per heavy atom. The van der Waals surface area contributed by atoms with Gasteiger partial charge in [0.15, 0.2) is 0 Å². The number of nitrogens with one attached hydrogen (secondary N) is 1. The fourth-order valence-electron chi connectivity index (χ4n) is 2.33. The van der Waals surface area contributed by atoms with Crippen molar-refractivity contribution >= 4 is 11.0 Å². The van der Waals surface area contributed by atoms with Crippen molar-refractivity contribution in [1.82, 2.24) is 30.2 Å². The molecule has 0 aliphatic heterocycles. The van der Waals surface area contributed by atoms with E-state index in [0.717, 1.165) is 27.7 Å². The Kier molecular flexibility index (Phi) is 2.53. The molecular weight excluding hydrogens is 264 g/mol. The normalized spacial score (nSPS) is 11.1. The van der Waals surface area contributed by atoms with Crippen LogP contribution in [0.3, 0.4) is 0 Å². The highest BCUT2D eigenvalue weighted by Gasteiger charge is 2.05. The van der Waals surface area contributed by atoms with Gasteiger partial charge in [0, 0.05) is 5.56 Å². The van der Waals surface area contributed by atoms with Crippen LogP contribution in [0.4, 0.5) is 0 Å². The fraction of sp³-hybridized carbons (Fsp3) is 0.0667. The number of fused-ring (bicyclic) bond motifs is 1. The molecule has 2 aromatic heterocycles. The molecule has 0 bridgehead atoms. The summed E-state index contributed by atoms with van der Waals surface area (Å²) in [4.78, 5) is 8.81. The van der Waals surface area contributed by atoms with E-state index in [0.29, 0.717) is 5.82 Å². The van der Waals surface area contributed by atoms with E-state index in [9.17, 15) is 0 Å². The lowest BCUT2D eigenvalue weighted by molar-refractivity contribution is 0.630. The average Bonchev–Trinajstić information content (AvgIpc) is 3.15. The molecule has 0 atom stereocenters. The van der Waals surface area contributed by atoms with Crippen molar-refractivity contribution in [3.8, 4) is 22.5 Å². The smallest absolute Gasteiger partial charge is 0.204 e. The van der Waals surface area contributed by atoms with Crippen molar-refractivity contribution in [1.29, 1.82) is 0 Å². The van der Waals surface area contributed by atoms with Crippen LogP contribution < -0.4 is 0 Å². The molecule has 0 fully saturated rings. The number of imidazole rings is 1. The highest BCUT2D eigenvalue weighted by Crippen LogP contribution is 2.25. The van der Waals surface area contributed by atoms with E-state index in [1.807, 2.05) is 18.2 Å². The predicted octanol–water partition coefficient (Wildman–Crippen LogP) is 2.42. The second kappa shape index (κ2) is 4.52. The molecule has 4 rings (SSSR count). The molecule has 0 amide bonds. The zero-order valence-electron chi connectivity index (χ0n) is 11.4. The van der Waals surface area contributed by atoms with E-state index >= 15 is 0 Å². The van der Waals surface area contributed by atoms with Crippen molar-refractivity contribution in [3.05, 3.63) is 48.8 Å². The van der Waals surface area contributed by atoms with Gasteiger partial charge in [-0.15, -0.1) is 10.2 Å². The van der Waals surface area contributed by atoms with Crippen molar-refractivity contribution in [2.45, 2.75) is 0 Å². The molecule has 0 aliphatic carbocycles. The van der Waals surface area contributed by atoms with Gasteiger partial charge in [0.05, 0.1) is 24.4 Å². The summed E-state index contributed by atoms with van der Waals surface area (Å²) >= 11 is 0. The van der Waals surface area contributed by atoms with E-state index in [-0.39, 0.29) is 0 Å². The van der Waals surface area contributed by atoms with Crippen LogP contribution in [-0.4, -0.2) is 30.2 Å². The van der Waals surface area contributed by atoms with Gasteiger partial charge in [-0.05, 0) is 28.5 Å². The first kappa shape index (κ1) is 11.8. The molecule has 6 heteroatoms. The van der Waals surface area contributed by atoms with Gasteiger partial charge in [0.2, 0.25) is 5.82 Å². The Balaban J connectivity index is 1.72. The molecule has 2 heterocycles. The molecule has 4 aromatic rings. The second-order valence-electron chi connectivity index (χ2n) is 4.81. The van der Waals surface area contributed by atoms with Gasteiger partial charge in [-0.1, -0.05) is 30.3 Å². The van der Waals surface area contributed by atoms with Crippen LogP contribution in [0.2, 0.25) is 0 Å². The standard InChI is InChI=1S/C15H12N6/c1-21-19-15(18-20-21)11-4-2-10(3-5-11)12-6-7-13-14(8-12)17-9-16-13/h2-9H,1H3,(H,16,17). The summed E-state index contributed by atoms with van der Waals surface area (Å²) in [6, 6.07) is 14.3. The van der Waals surface area contributed by atoms with Crippen LogP contribution in [0.5, 0.6) is 0 Å². The molecule has 0 spiro atoms. The van der Waals surface area contributed by atoms with Crippen molar-refractivity contribution in [2.75, 3.05) is 0 Å². The molecule has 0 unspecified atom stereocenters. The quantitative estimate of drug-likeness (QED) is 0.610. The van der Waals surface area contributed by atoms with Gasteiger partial charge in [-0.25, -0.2) is 4.98 Å². The van der Waals surface area contributed by atoms with Crippen molar-refractivity contribution in [2.24, 2.45) is 7.05 Å². The third-order valence-corrected chi connectivity index (χ3v) is 3.41. The minimum Gasteiger partial charge on any atom is -0.345 e. The summed E-state index contributed by atoms with van der Waals surface area (Å²) in [5.74, 6) is 0.632. The maximum atomic E-state index is 4.23. The maximum absolute atomic E-state index is 4.23. The number of aryl methyl sites for hydroxylation is 1. The zero-order valence-corrected chi connectivity index (χ0v) is 11.4. The van der Waals surface area contributed by atoms with Crippen LogP contribution in [0, 0.1) is 0 Å². The number of hydrogen-bond donors (Lipinski definition) is 1. The average molecular weight is 276 g/mol. The highest BCUT2D eigenvalue weighted by atomic mass is 15.6. The lowest BCUT2D eigenvalue weighted by atomic mass is 10.0. The van der Waals surface area contributed by atoms with E-state index in [4.69, 9.17) is 0 Å². The number of nitrogens with zero attached hydrogens (tertiary/aromatic N) is 5. The summed E-state index contributed by atoms with van der Waals surface area (Å²) < 4.78 is 0. The predicted molar refractivity (Wildman–Crippen MR) is 79.3 cm³/mol. The topological polar surface area (TPSA) is 72.3 Å². The van der Waals surface area contributed by atoms with Crippen molar-refractivity contribution < 1.29 is 0 Å². The van der Waals surface area contributed by atoms with Crippen LogP contribution in [-0.2, 0) is 7.05 Å². The SMILES string of the molecule is Cn1nnc(-c2ccc(-c3ccc4nc[nH]c4c3)cc2)n1. The van der Waals surface area contributed by atoms with Gasteiger partial charge >= 0.3 is 0 Å². The summed E-state index contributed by atoms with van der Waals surface area (Å²) in [5, 5.41) is 12.1. The summed E-state index contributed by atoms with van der Waals surface area (Å²) in [6.07, 6.45) is 1.71. The van der Waals surface area contributed by atoms with E-state index in [1.54, 1.807) is 13.4 Å². The van der Waals surface area contributed by atoms with E-state index in [2.05, 4.69) is 49.6 Å². The monoisotopic (exact) mass is 276 g/mol. The maximum Gasteiger partial charge on any atom is 0.204 e. The van der Waals surface area contributed by atoms with Crippen molar-refractivity contribution in [3.63, 3.8) is 0 Å². The number of tetrazole rings is 1. The van der Waals surface area contributed by atoms with Gasteiger partial charge < -0.3 is 4.98 Å². The molecule has 2 aromatic carbocycles. The first-order valence-corrected chi connectivity index (χ1v) is 6.57. The van der Waals surface area contributed by atoms with Crippen LogP contribution in [0.25, 0.3) is 33.5 Å². The Morgan fingerprint density at radius 3 is 2.48 bits per heavy atom. The first-order chi connectivity index (χ1) is 10.3. The molecule has 21 heavy (non-hydrogen) atoms. The minimum absolute atomic E-state index is 0.632. The lowest BCUT2D eigenvalue weighted by Crippen LogP contribution is -1.91. The van der Waals surface area contributed by atoms with Gasteiger partial charge in [-0.2, -0.15) is 4.80 Å². The Hall–Kier alpha value is -3.02. The third-order valence-electron chi connectivity index (χ3n) is 3.41. The van der Waals surface area contributed by atoms with Gasteiger partial charge in [0.1, 0.15) is 0 Å². The summed E-state index contributed by atoms with van der Waals surface area (Å²) in [7, 11) is 1.75. The molecular formula is C15H12N6. The number of aromatic nitrogens is 6.